The Morgan fingerprint density at radius 1 is 0.922 bits per heavy atom. The van der Waals surface area contributed by atoms with Gasteiger partial charge in [-0.2, -0.15) is 5.10 Å². The van der Waals surface area contributed by atoms with E-state index in [0.29, 0.717) is 34.2 Å². The Bertz CT molecular complexity index is 3170. The van der Waals surface area contributed by atoms with Crippen LogP contribution in [0.3, 0.4) is 0 Å². The number of allylic oxidation sites excluding steroid dienone is 8. The van der Waals surface area contributed by atoms with Gasteiger partial charge in [0.15, 0.2) is 17.3 Å². The van der Waals surface area contributed by atoms with E-state index in [0.717, 1.165) is 92.8 Å². The van der Waals surface area contributed by atoms with Crippen molar-refractivity contribution in [3.8, 4) is 46.4 Å². The molecule has 0 aromatic carbocycles. The van der Waals surface area contributed by atoms with Crippen molar-refractivity contribution in [3.63, 3.8) is 0 Å². The summed E-state index contributed by atoms with van der Waals surface area (Å²) >= 11 is 0. The van der Waals surface area contributed by atoms with E-state index < -0.39 is 0 Å². The van der Waals surface area contributed by atoms with Crippen molar-refractivity contribution in [2.75, 3.05) is 24.7 Å². The second-order valence-corrected chi connectivity index (χ2v) is 15.1. The average molecular weight is 845 g/mol. The monoisotopic (exact) mass is 844 g/mol. The van der Waals surface area contributed by atoms with Crippen molar-refractivity contribution in [3.05, 3.63) is 144 Å². The first-order chi connectivity index (χ1) is 31.2. The molecule has 6 N–H and O–H groups in total. The maximum absolute atomic E-state index is 8.84. The summed E-state index contributed by atoms with van der Waals surface area (Å²) in [7, 11) is 3.92. The molecule has 8 aromatic rings. The van der Waals surface area contributed by atoms with Crippen LogP contribution in [0, 0.1) is 24.7 Å². The lowest BCUT2D eigenvalue weighted by atomic mass is 10.0. The van der Waals surface area contributed by atoms with Crippen LogP contribution < -0.4 is 10.6 Å². The predicted molar refractivity (Wildman–Crippen MR) is 257 cm³/mol. The quantitative estimate of drug-likeness (QED) is 0.0687. The zero-order chi connectivity index (χ0) is 44.7. The molecular weight excluding hydrogens is 797 g/mol. The van der Waals surface area contributed by atoms with Crippen molar-refractivity contribution in [2.24, 2.45) is 0 Å². The molecule has 0 radical (unpaired) electrons. The van der Waals surface area contributed by atoms with Gasteiger partial charge in [-0.25, -0.2) is 15.0 Å². The number of rotatable bonds is 9. The molecule has 64 heavy (non-hydrogen) atoms. The van der Waals surface area contributed by atoms with E-state index in [9.17, 15) is 0 Å². The first-order valence-corrected chi connectivity index (χ1v) is 21.1. The molecule has 0 spiro atoms. The number of nitrogens with one attached hydrogen (secondary N) is 4. The van der Waals surface area contributed by atoms with Crippen molar-refractivity contribution in [1.29, 1.82) is 5.41 Å². The van der Waals surface area contributed by atoms with Crippen LogP contribution in [-0.2, 0) is 0 Å². The molecule has 2 aliphatic carbocycles. The van der Waals surface area contributed by atoms with Gasteiger partial charge in [-0.3, -0.25) is 30.4 Å². The van der Waals surface area contributed by atoms with Gasteiger partial charge >= 0.3 is 0 Å². The number of nitrogen functional groups attached to an aromatic ring is 1. The summed E-state index contributed by atoms with van der Waals surface area (Å²) < 4.78 is 0. The molecule has 14 nitrogen and oxygen atoms in total. The first-order valence-electron chi connectivity index (χ1n) is 21.1. The highest BCUT2D eigenvalue weighted by Gasteiger charge is 2.22. The Morgan fingerprint density at radius 2 is 1.75 bits per heavy atom. The number of nitrogens with zero attached hydrogens (tertiary/aromatic N) is 9. The topological polar surface area (TPSA) is 204 Å². The second kappa shape index (κ2) is 18.8. The SMILES string of the molecule is C#C/C=C(/C1=CCCC1)c1nc(C(=N)c2cc(-c3cncc(N(C)C)c3)ncc2N)[nH]c1C.C1=CC(c2ccnc3nc(-c4n[nH]c5cnc(-c6cccnc6)cc45)[nH]c23)=CC1.CC. The highest BCUT2D eigenvalue weighted by atomic mass is 15.1. The van der Waals surface area contributed by atoms with Crippen LogP contribution in [0.5, 0.6) is 0 Å². The minimum absolute atomic E-state index is 0.197. The van der Waals surface area contributed by atoms with E-state index in [1.807, 2.05) is 76.2 Å². The molecule has 0 saturated heterocycles. The molecular formula is C50H48N14. The number of aryl methyl sites for hydroxylation is 1. The third kappa shape index (κ3) is 8.59. The number of pyridine rings is 5. The fourth-order valence-electron chi connectivity index (χ4n) is 7.62. The van der Waals surface area contributed by atoms with Gasteiger partial charge in [0.05, 0.1) is 58.1 Å². The number of anilines is 2. The summed E-state index contributed by atoms with van der Waals surface area (Å²) in [6.45, 7) is 5.94. The molecule has 14 heteroatoms. The normalized spacial score (nSPS) is 13.2. The summed E-state index contributed by atoms with van der Waals surface area (Å²) in [4.78, 5) is 40.0. The number of aromatic nitrogens is 11. The van der Waals surface area contributed by atoms with Crippen molar-refractivity contribution >= 4 is 50.3 Å². The van der Waals surface area contributed by atoms with E-state index in [4.69, 9.17) is 27.5 Å². The van der Waals surface area contributed by atoms with Crippen LogP contribution in [0.1, 0.15) is 67.9 Å². The van der Waals surface area contributed by atoms with Gasteiger partial charge in [-0.05, 0) is 86.2 Å². The summed E-state index contributed by atoms with van der Waals surface area (Å²) in [5, 5.41) is 17.3. The van der Waals surface area contributed by atoms with E-state index >= 15 is 0 Å². The molecule has 0 atom stereocenters. The summed E-state index contributed by atoms with van der Waals surface area (Å²) in [6, 6.07) is 11.7. The maximum Gasteiger partial charge on any atom is 0.178 e. The van der Waals surface area contributed by atoms with Crippen molar-refractivity contribution in [2.45, 2.75) is 46.5 Å². The largest absolute Gasteiger partial charge is 0.397 e. The van der Waals surface area contributed by atoms with Gasteiger partial charge in [0.2, 0.25) is 0 Å². The van der Waals surface area contributed by atoms with Crippen LogP contribution in [0.15, 0.2) is 116 Å². The summed E-state index contributed by atoms with van der Waals surface area (Å²) in [6.07, 6.45) is 32.4. The zero-order valence-corrected chi connectivity index (χ0v) is 36.4. The smallest absolute Gasteiger partial charge is 0.178 e. The minimum atomic E-state index is 0.197. The molecule has 0 amide bonds. The molecule has 0 unspecified atom stereocenters. The Hall–Kier alpha value is -8.31. The number of H-pyrrole nitrogens is 3. The molecule has 8 aromatic heterocycles. The molecule has 0 saturated carbocycles. The van der Waals surface area contributed by atoms with Gasteiger partial charge in [0, 0.05) is 77.8 Å². The van der Waals surface area contributed by atoms with E-state index in [-0.39, 0.29) is 5.71 Å². The third-order valence-corrected chi connectivity index (χ3v) is 10.8. The van der Waals surface area contributed by atoms with Crippen LogP contribution in [0.4, 0.5) is 11.4 Å². The number of fused-ring (bicyclic) bond motifs is 2. The van der Waals surface area contributed by atoms with Crippen LogP contribution in [0.2, 0.25) is 0 Å². The fraction of sp³-hybridized carbons (Fsp3) is 0.180. The van der Waals surface area contributed by atoms with Crippen molar-refractivity contribution < 1.29 is 0 Å². The fourth-order valence-corrected chi connectivity index (χ4v) is 7.62. The minimum Gasteiger partial charge on any atom is -0.397 e. The Kier molecular flexibility index (Phi) is 12.4. The Morgan fingerprint density at radius 3 is 2.50 bits per heavy atom. The molecule has 0 aliphatic heterocycles. The lowest BCUT2D eigenvalue weighted by Gasteiger charge is -2.13. The van der Waals surface area contributed by atoms with Crippen LogP contribution >= 0.6 is 0 Å². The molecule has 318 valence electrons. The Balaban J connectivity index is 0.000000170. The zero-order valence-electron chi connectivity index (χ0n) is 36.4. The van der Waals surface area contributed by atoms with E-state index in [1.165, 1.54) is 11.1 Å². The first kappa shape index (κ1) is 42.4. The third-order valence-electron chi connectivity index (χ3n) is 10.8. The molecule has 0 fully saturated rings. The molecule has 2 aliphatic rings. The molecule has 10 rings (SSSR count). The van der Waals surface area contributed by atoms with Crippen LogP contribution in [0.25, 0.3) is 67.2 Å². The average Bonchev–Trinajstić information content (AvgIpc) is 4.20. The lowest BCUT2D eigenvalue weighted by molar-refractivity contribution is 0.917. The van der Waals surface area contributed by atoms with Gasteiger partial charge in [0.1, 0.15) is 11.4 Å². The van der Waals surface area contributed by atoms with E-state index in [1.54, 1.807) is 49.5 Å². The second-order valence-electron chi connectivity index (χ2n) is 15.1. The van der Waals surface area contributed by atoms with Gasteiger partial charge in [-0.15, -0.1) is 6.42 Å². The number of hydrogen-bond acceptors (Lipinski definition) is 11. The number of nitrogens with two attached hydrogens (primary N) is 1. The van der Waals surface area contributed by atoms with Crippen LogP contribution in [-0.4, -0.2) is 74.9 Å². The standard InChI is InChI=1S/C26H27N7.C22H15N7.C2H6/c1-5-8-20(17-9-6-7-10-17)25-16(2)31-26(32-25)24(28)21-12-23(30-15-22(21)27)18-11-19(33(3)4)14-29-13-18;1-2-5-13(4-1)15-7-9-24-21-19(15)26-22(27-21)20-16-10-17(14-6-3-8-23-11-14)25-12-18(16)28-29-20;1-2/h1,8-9,11-15,28H,6-7,10,27H2,2-4H3,(H,31,32);1,3-12H,2H2,(H,28,29)(H,24,26,27);1-2H3/b20-8-,28-24?;;. The number of terminal acetylenes is 1. The number of hydrogen-bond donors (Lipinski definition) is 5. The highest BCUT2D eigenvalue weighted by Crippen LogP contribution is 2.34. The van der Waals surface area contributed by atoms with Gasteiger partial charge < -0.3 is 20.6 Å². The Labute approximate surface area is 371 Å². The number of imidazole rings is 2. The molecule has 0 bridgehead atoms. The van der Waals surface area contributed by atoms with Crippen molar-refractivity contribution in [1.82, 2.24) is 55.1 Å². The maximum atomic E-state index is 8.84. The lowest BCUT2D eigenvalue weighted by Crippen LogP contribution is -2.10. The summed E-state index contributed by atoms with van der Waals surface area (Å²) in [5.74, 6) is 3.76. The summed E-state index contributed by atoms with van der Waals surface area (Å²) in [5.41, 5.74) is 20.9. The van der Waals surface area contributed by atoms with Gasteiger partial charge in [0.25, 0.3) is 0 Å². The molecule has 8 heterocycles. The van der Waals surface area contributed by atoms with Gasteiger partial charge in [-0.1, -0.05) is 44.1 Å². The number of aromatic amines is 3. The highest BCUT2D eigenvalue weighted by molar-refractivity contribution is 6.12. The van der Waals surface area contributed by atoms with E-state index in [2.05, 4.69) is 75.3 Å². The predicted octanol–water partition coefficient (Wildman–Crippen LogP) is 9.69.